The van der Waals surface area contributed by atoms with Crippen molar-refractivity contribution in [1.29, 1.82) is 0 Å². The maximum Gasteiger partial charge on any atom is 0.330 e. The molecule has 0 unspecified atom stereocenters. The lowest BCUT2D eigenvalue weighted by molar-refractivity contribution is 0.653. The lowest BCUT2D eigenvalue weighted by atomic mass is 10.3. The van der Waals surface area contributed by atoms with Gasteiger partial charge in [-0.2, -0.15) is 0 Å². The number of imidazole rings is 1. The van der Waals surface area contributed by atoms with Crippen LogP contribution in [0.3, 0.4) is 0 Å². The van der Waals surface area contributed by atoms with E-state index >= 15 is 0 Å². The lowest BCUT2D eigenvalue weighted by Gasteiger charge is -2.02. The van der Waals surface area contributed by atoms with Gasteiger partial charge in [-0.25, -0.2) is 19.7 Å². The first-order chi connectivity index (χ1) is 9.70. The van der Waals surface area contributed by atoms with Gasteiger partial charge in [-0.05, 0) is 6.42 Å². The zero-order valence-electron chi connectivity index (χ0n) is 10.8. The molecule has 2 N–H and O–H groups in total. The van der Waals surface area contributed by atoms with Gasteiger partial charge in [-0.1, -0.05) is 6.92 Å². The van der Waals surface area contributed by atoms with Crippen LogP contribution in [0, 0.1) is 0 Å². The molecule has 0 amide bonds. The second kappa shape index (κ2) is 4.72. The smallest absolute Gasteiger partial charge is 0.330 e. The van der Waals surface area contributed by atoms with Crippen LogP contribution in [0.15, 0.2) is 28.3 Å². The Morgan fingerprint density at radius 3 is 2.65 bits per heavy atom. The van der Waals surface area contributed by atoms with Gasteiger partial charge in [0.1, 0.15) is 17.7 Å². The molecule has 20 heavy (non-hydrogen) atoms. The highest BCUT2D eigenvalue weighted by molar-refractivity contribution is 5.74. The third-order valence-corrected chi connectivity index (χ3v) is 2.91. The zero-order valence-corrected chi connectivity index (χ0v) is 10.8. The Morgan fingerprint density at radius 2 is 1.95 bits per heavy atom. The highest BCUT2D eigenvalue weighted by Crippen LogP contribution is 2.15. The number of aromatic amines is 2. The van der Waals surface area contributed by atoms with E-state index in [4.69, 9.17) is 0 Å². The fraction of sp³-hybridized carbons (Fsp3) is 0.250. The minimum Gasteiger partial charge on any atom is -0.332 e. The maximum absolute atomic E-state index is 11.8. The molecule has 3 aromatic rings. The third-order valence-electron chi connectivity index (χ3n) is 2.91. The molecule has 0 fully saturated rings. The molecule has 3 heterocycles. The normalized spacial score (nSPS) is 11.1. The molecule has 0 bridgehead atoms. The van der Waals surface area contributed by atoms with Gasteiger partial charge in [0, 0.05) is 18.9 Å². The summed E-state index contributed by atoms with van der Waals surface area (Å²) >= 11 is 0. The summed E-state index contributed by atoms with van der Waals surface area (Å²) in [5, 5.41) is 0. The predicted octanol–water partition coefficient (Wildman–Crippen LogP) is 0.280. The van der Waals surface area contributed by atoms with E-state index in [1.165, 1.54) is 10.9 Å². The average molecular weight is 272 g/mol. The van der Waals surface area contributed by atoms with Crippen molar-refractivity contribution >= 4 is 11.2 Å². The summed E-state index contributed by atoms with van der Waals surface area (Å²) < 4.78 is 1.44. The van der Waals surface area contributed by atoms with E-state index in [9.17, 15) is 9.59 Å². The fourth-order valence-corrected chi connectivity index (χ4v) is 2.03. The van der Waals surface area contributed by atoms with E-state index in [0.717, 1.165) is 6.42 Å². The van der Waals surface area contributed by atoms with Gasteiger partial charge < -0.3 is 4.98 Å². The van der Waals surface area contributed by atoms with Gasteiger partial charge in [-0.15, -0.1) is 0 Å². The van der Waals surface area contributed by atoms with Gasteiger partial charge in [-0.3, -0.25) is 14.3 Å². The Labute approximate surface area is 112 Å². The summed E-state index contributed by atoms with van der Waals surface area (Å²) in [5.41, 5.74) is 0.342. The van der Waals surface area contributed by atoms with Crippen molar-refractivity contribution in [3.63, 3.8) is 0 Å². The van der Waals surface area contributed by atoms with Crippen LogP contribution in [0.5, 0.6) is 0 Å². The first-order valence-corrected chi connectivity index (χ1v) is 6.19. The number of hydrogen-bond acceptors (Lipinski definition) is 5. The molecule has 8 heteroatoms. The zero-order chi connectivity index (χ0) is 14.1. The number of rotatable bonds is 3. The maximum atomic E-state index is 11.8. The molecule has 102 valence electrons. The predicted molar refractivity (Wildman–Crippen MR) is 72.3 cm³/mol. The highest BCUT2D eigenvalue weighted by Gasteiger charge is 2.13. The molecule has 3 aromatic heterocycles. The van der Waals surface area contributed by atoms with E-state index in [2.05, 4.69) is 24.9 Å². The highest BCUT2D eigenvalue weighted by atomic mass is 16.2. The number of H-pyrrole nitrogens is 2. The lowest BCUT2D eigenvalue weighted by Crippen LogP contribution is -2.30. The van der Waals surface area contributed by atoms with Crippen LogP contribution in [0.4, 0.5) is 0 Å². The van der Waals surface area contributed by atoms with Crippen LogP contribution in [-0.2, 0) is 6.54 Å². The number of fused-ring (bicyclic) bond motifs is 1. The average Bonchev–Trinajstić information content (AvgIpc) is 2.90. The Bertz CT molecular complexity index is 861. The fourth-order valence-electron chi connectivity index (χ4n) is 2.03. The quantitative estimate of drug-likeness (QED) is 0.711. The van der Waals surface area contributed by atoms with Crippen LogP contribution in [-0.4, -0.2) is 29.5 Å². The number of aromatic nitrogens is 6. The van der Waals surface area contributed by atoms with Crippen molar-refractivity contribution < 1.29 is 0 Å². The summed E-state index contributed by atoms with van der Waals surface area (Å²) in [5.74, 6) is 0.460. The molecular weight excluding hydrogens is 260 g/mol. The van der Waals surface area contributed by atoms with Crippen LogP contribution < -0.4 is 11.2 Å². The van der Waals surface area contributed by atoms with Gasteiger partial charge in [0.25, 0.3) is 5.56 Å². The molecule has 0 saturated heterocycles. The van der Waals surface area contributed by atoms with Crippen molar-refractivity contribution in [3.8, 4) is 11.4 Å². The number of hydrogen-bond donors (Lipinski definition) is 2. The Balaban J connectivity index is 2.30. The standard InChI is InChI=1S/C12H12N6O2/c1-2-3-18-10-8(11(19)17-12(18)20)15-9(16-10)7-4-13-6-14-5-7/h4-6H,2-3H2,1H3,(H,15,16)(H,17,19,20). The topological polar surface area (TPSA) is 109 Å². The van der Waals surface area contributed by atoms with Gasteiger partial charge in [0.2, 0.25) is 0 Å². The van der Waals surface area contributed by atoms with E-state index < -0.39 is 11.2 Å². The van der Waals surface area contributed by atoms with Crippen molar-refractivity contribution in [2.45, 2.75) is 19.9 Å². The number of aryl methyl sites for hydroxylation is 1. The monoisotopic (exact) mass is 272 g/mol. The van der Waals surface area contributed by atoms with E-state index in [0.29, 0.717) is 23.6 Å². The van der Waals surface area contributed by atoms with E-state index in [-0.39, 0.29) is 5.52 Å². The minimum atomic E-state index is -0.479. The van der Waals surface area contributed by atoms with Crippen molar-refractivity contribution in [2.24, 2.45) is 0 Å². The molecule has 0 aliphatic carbocycles. The third kappa shape index (κ3) is 1.91. The van der Waals surface area contributed by atoms with Crippen molar-refractivity contribution in [1.82, 2.24) is 29.5 Å². The summed E-state index contributed by atoms with van der Waals surface area (Å²) in [4.78, 5) is 41.0. The largest absolute Gasteiger partial charge is 0.332 e. The van der Waals surface area contributed by atoms with Crippen LogP contribution in [0.2, 0.25) is 0 Å². The first kappa shape index (κ1) is 12.3. The molecule has 8 nitrogen and oxygen atoms in total. The van der Waals surface area contributed by atoms with Crippen LogP contribution in [0.25, 0.3) is 22.6 Å². The van der Waals surface area contributed by atoms with E-state index in [1.54, 1.807) is 12.4 Å². The SMILES string of the molecule is CCCn1c(=O)[nH]c(=O)c2[nH]c(-c3cncnc3)nc21. The second-order valence-corrected chi connectivity index (χ2v) is 4.32. The Kier molecular flexibility index (Phi) is 2.90. The van der Waals surface area contributed by atoms with Crippen LogP contribution in [0.1, 0.15) is 13.3 Å². The molecule has 0 aliphatic rings. The van der Waals surface area contributed by atoms with E-state index in [1.807, 2.05) is 6.92 Å². The molecular formula is C12H12N6O2. The number of nitrogens with one attached hydrogen (secondary N) is 2. The molecule has 0 spiro atoms. The summed E-state index contributed by atoms with van der Waals surface area (Å²) in [6, 6.07) is 0. The molecule has 0 saturated carbocycles. The first-order valence-electron chi connectivity index (χ1n) is 6.19. The van der Waals surface area contributed by atoms with Gasteiger partial charge in [0.05, 0.1) is 5.56 Å². The second-order valence-electron chi connectivity index (χ2n) is 4.32. The van der Waals surface area contributed by atoms with Crippen molar-refractivity contribution in [3.05, 3.63) is 39.6 Å². The number of nitrogens with zero attached hydrogens (tertiary/aromatic N) is 4. The minimum absolute atomic E-state index is 0.275. The molecule has 0 aliphatic heterocycles. The summed E-state index contributed by atoms with van der Waals surface area (Å²) in [7, 11) is 0. The molecule has 3 rings (SSSR count). The molecule has 0 aromatic carbocycles. The molecule has 0 radical (unpaired) electrons. The van der Waals surface area contributed by atoms with Gasteiger partial charge >= 0.3 is 5.69 Å². The summed E-state index contributed by atoms with van der Waals surface area (Å²) in [6.07, 6.45) is 5.34. The summed E-state index contributed by atoms with van der Waals surface area (Å²) in [6.45, 7) is 2.43. The Hall–Kier alpha value is -2.77. The van der Waals surface area contributed by atoms with Crippen LogP contribution >= 0.6 is 0 Å². The molecule has 0 atom stereocenters. The Morgan fingerprint density at radius 1 is 1.20 bits per heavy atom. The van der Waals surface area contributed by atoms with Crippen molar-refractivity contribution in [2.75, 3.05) is 0 Å². The van der Waals surface area contributed by atoms with Gasteiger partial charge in [0.15, 0.2) is 5.65 Å².